The highest BCUT2D eigenvalue weighted by atomic mass is 16.5. The van der Waals surface area contributed by atoms with E-state index in [9.17, 15) is 14.7 Å². The highest BCUT2D eigenvalue weighted by Gasteiger charge is 2.30. The van der Waals surface area contributed by atoms with Crippen LogP contribution in [0, 0.1) is 5.92 Å². The van der Waals surface area contributed by atoms with Crippen molar-refractivity contribution in [3.63, 3.8) is 0 Å². The summed E-state index contributed by atoms with van der Waals surface area (Å²) < 4.78 is 10.4. The number of hydrogen-bond donors (Lipinski definition) is 1. The summed E-state index contributed by atoms with van der Waals surface area (Å²) in [7, 11) is 0. The lowest BCUT2D eigenvalue weighted by Crippen LogP contribution is -2.32. The molecule has 0 aromatic rings. The van der Waals surface area contributed by atoms with Crippen LogP contribution in [-0.4, -0.2) is 35.9 Å². The van der Waals surface area contributed by atoms with Crippen molar-refractivity contribution < 1.29 is 24.2 Å². The number of esters is 1. The number of aliphatic hydroxyl groups is 1. The highest BCUT2D eigenvalue weighted by molar-refractivity contribution is 5.72. The molecule has 0 radical (unpaired) electrons. The second kappa shape index (κ2) is 6.89. The predicted octanol–water partition coefficient (Wildman–Crippen LogP) is 1.56. The van der Waals surface area contributed by atoms with Crippen molar-refractivity contribution in [1.82, 2.24) is 0 Å². The molecular weight excluding hydrogens is 248 g/mol. The second-order valence-corrected chi connectivity index (χ2v) is 5.57. The standard InChI is InChI=1S/C14H22O5/c15-9-18-12-5-7-13(8-6-12)19-14(17)10-1-3-11(16)4-2-10/h9-13,16H,1-8H2. The Morgan fingerprint density at radius 1 is 0.947 bits per heavy atom. The summed E-state index contributed by atoms with van der Waals surface area (Å²) in [5.41, 5.74) is 0. The zero-order valence-electron chi connectivity index (χ0n) is 11.1. The van der Waals surface area contributed by atoms with Crippen molar-refractivity contribution >= 4 is 12.4 Å². The molecule has 2 fully saturated rings. The van der Waals surface area contributed by atoms with E-state index in [2.05, 4.69) is 0 Å². The number of aliphatic hydroxyl groups excluding tert-OH is 1. The predicted molar refractivity (Wildman–Crippen MR) is 67.2 cm³/mol. The van der Waals surface area contributed by atoms with Crippen molar-refractivity contribution in [3.8, 4) is 0 Å². The van der Waals surface area contributed by atoms with Gasteiger partial charge in [-0.25, -0.2) is 0 Å². The van der Waals surface area contributed by atoms with Gasteiger partial charge in [0.15, 0.2) is 0 Å². The third-order valence-electron chi connectivity index (χ3n) is 4.18. The molecule has 1 N–H and O–H groups in total. The largest absolute Gasteiger partial charge is 0.465 e. The van der Waals surface area contributed by atoms with E-state index in [1.807, 2.05) is 0 Å². The minimum absolute atomic E-state index is 0.0164. The van der Waals surface area contributed by atoms with Gasteiger partial charge in [-0.05, 0) is 51.4 Å². The van der Waals surface area contributed by atoms with Crippen LogP contribution in [0.2, 0.25) is 0 Å². The summed E-state index contributed by atoms with van der Waals surface area (Å²) in [6.45, 7) is 0.490. The van der Waals surface area contributed by atoms with Crippen LogP contribution in [0.5, 0.6) is 0 Å². The summed E-state index contributed by atoms with van der Waals surface area (Å²) >= 11 is 0. The fourth-order valence-corrected chi connectivity index (χ4v) is 2.94. The minimum Gasteiger partial charge on any atom is -0.465 e. The van der Waals surface area contributed by atoms with Crippen LogP contribution >= 0.6 is 0 Å². The van der Waals surface area contributed by atoms with Crippen LogP contribution in [0.4, 0.5) is 0 Å². The molecule has 2 saturated carbocycles. The van der Waals surface area contributed by atoms with E-state index < -0.39 is 0 Å². The van der Waals surface area contributed by atoms with Gasteiger partial charge in [-0.2, -0.15) is 0 Å². The van der Waals surface area contributed by atoms with Crippen molar-refractivity contribution in [1.29, 1.82) is 0 Å². The van der Waals surface area contributed by atoms with Gasteiger partial charge in [-0.15, -0.1) is 0 Å². The first-order valence-electron chi connectivity index (χ1n) is 7.16. The lowest BCUT2D eigenvalue weighted by molar-refractivity contribution is -0.159. The molecule has 5 heteroatoms. The molecular formula is C14H22O5. The molecule has 2 aliphatic rings. The van der Waals surface area contributed by atoms with Crippen LogP contribution in [0.15, 0.2) is 0 Å². The number of ether oxygens (including phenoxy) is 2. The summed E-state index contributed by atoms with van der Waals surface area (Å²) in [6.07, 6.45) is 5.59. The molecule has 0 atom stereocenters. The molecule has 0 bridgehead atoms. The van der Waals surface area contributed by atoms with E-state index in [0.29, 0.717) is 19.3 Å². The number of carbonyl (C=O) groups excluding carboxylic acids is 2. The van der Waals surface area contributed by atoms with Gasteiger partial charge in [-0.1, -0.05) is 0 Å². The van der Waals surface area contributed by atoms with Gasteiger partial charge < -0.3 is 14.6 Å². The van der Waals surface area contributed by atoms with Gasteiger partial charge in [0.1, 0.15) is 12.2 Å². The molecule has 2 aliphatic carbocycles. The molecule has 0 saturated heterocycles. The molecule has 108 valence electrons. The Bertz CT molecular complexity index is 301. The fourth-order valence-electron chi connectivity index (χ4n) is 2.94. The van der Waals surface area contributed by atoms with Gasteiger partial charge in [0.25, 0.3) is 6.47 Å². The Morgan fingerprint density at radius 3 is 2.11 bits per heavy atom. The van der Waals surface area contributed by atoms with Gasteiger partial charge in [-0.3, -0.25) is 9.59 Å². The van der Waals surface area contributed by atoms with E-state index in [0.717, 1.165) is 38.5 Å². The average molecular weight is 270 g/mol. The van der Waals surface area contributed by atoms with Gasteiger partial charge in [0.05, 0.1) is 12.0 Å². The quantitative estimate of drug-likeness (QED) is 0.620. The number of carbonyl (C=O) groups is 2. The van der Waals surface area contributed by atoms with E-state index >= 15 is 0 Å². The van der Waals surface area contributed by atoms with E-state index in [4.69, 9.17) is 9.47 Å². The van der Waals surface area contributed by atoms with Crippen LogP contribution in [0.25, 0.3) is 0 Å². The minimum atomic E-state index is -0.250. The average Bonchev–Trinajstić information content (AvgIpc) is 2.42. The van der Waals surface area contributed by atoms with Gasteiger partial charge in [0.2, 0.25) is 0 Å². The lowest BCUT2D eigenvalue weighted by atomic mass is 9.87. The van der Waals surface area contributed by atoms with Crippen LogP contribution in [-0.2, 0) is 19.1 Å². The molecule has 0 heterocycles. The second-order valence-electron chi connectivity index (χ2n) is 5.57. The molecule has 0 aliphatic heterocycles. The highest BCUT2D eigenvalue weighted by Crippen LogP contribution is 2.28. The topological polar surface area (TPSA) is 72.8 Å². The maximum absolute atomic E-state index is 12.0. The lowest BCUT2D eigenvalue weighted by Gasteiger charge is -2.30. The summed E-state index contributed by atoms with van der Waals surface area (Å²) in [6, 6.07) is 0. The normalized spacial score (nSPS) is 35.4. The number of rotatable bonds is 4. The first-order valence-corrected chi connectivity index (χ1v) is 7.16. The summed E-state index contributed by atoms with van der Waals surface area (Å²) in [5, 5.41) is 9.42. The molecule has 0 spiro atoms. The maximum atomic E-state index is 12.0. The zero-order valence-corrected chi connectivity index (χ0v) is 11.1. The Morgan fingerprint density at radius 2 is 1.53 bits per heavy atom. The van der Waals surface area contributed by atoms with Crippen molar-refractivity contribution in [2.24, 2.45) is 5.92 Å². The Kier molecular flexibility index (Phi) is 5.19. The third-order valence-corrected chi connectivity index (χ3v) is 4.18. The monoisotopic (exact) mass is 270 g/mol. The molecule has 0 unspecified atom stereocenters. The van der Waals surface area contributed by atoms with Crippen molar-refractivity contribution in [2.75, 3.05) is 0 Å². The number of hydrogen-bond acceptors (Lipinski definition) is 5. The summed E-state index contributed by atoms with van der Waals surface area (Å²) in [4.78, 5) is 22.2. The van der Waals surface area contributed by atoms with Crippen LogP contribution < -0.4 is 0 Å². The third kappa shape index (κ3) is 4.20. The van der Waals surface area contributed by atoms with Crippen molar-refractivity contribution in [3.05, 3.63) is 0 Å². The Labute approximate surface area is 113 Å². The fraction of sp³-hybridized carbons (Fsp3) is 0.857. The first-order chi connectivity index (χ1) is 9.19. The zero-order chi connectivity index (χ0) is 13.7. The molecule has 0 aromatic heterocycles. The smallest absolute Gasteiger partial charge is 0.309 e. The maximum Gasteiger partial charge on any atom is 0.309 e. The summed E-state index contributed by atoms with van der Waals surface area (Å²) in [5.74, 6) is -0.168. The Balaban J connectivity index is 1.70. The van der Waals surface area contributed by atoms with Gasteiger partial charge >= 0.3 is 5.97 Å². The molecule has 5 nitrogen and oxygen atoms in total. The van der Waals surface area contributed by atoms with Gasteiger partial charge in [0, 0.05) is 0 Å². The van der Waals surface area contributed by atoms with Crippen molar-refractivity contribution in [2.45, 2.75) is 69.7 Å². The molecule has 0 aromatic carbocycles. The Hall–Kier alpha value is -1.10. The molecule has 19 heavy (non-hydrogen) atoms. The molecule has 2 rings (SSSR count). The van der Waals surface area contributed by atoms with E-state index in [-0.39, 0.29) is 30.2 Å². The molecule has 0 amide bonds. The van der Waals surface area contributed by atoms with E-state index in [1.165, 1.54) is 0 Å². The van der Waals surface area contributed by atoms with Crippen LogP contribution in [0.1, 0.15) is 51.4 Å². The SMILES string of the molecule is O=COC1CCC(OC(=O)C2CCC(O)CC2)CC1. The van der Waals surface area contributed by atoms with Crippen LogP contribution in [0.3, 0.4) is 0 Å². The first kappa shape index (κ1) is 14.3. The van der Waals surface area contributed by atoms with E-state index in [1.54, 1.807) is 0 Å².